The van der Waals surface area contributed by atoms with E-state index in [0.29, 0.717) is 13.0 Å². The van der Waals surface area contributed by atoms with Gasteiger partial charge in [0.1, 0.15) is 0 Å². The lowest BCUT2D eigenvalue weighted by Gasteiger charge is -2.26. The molecule has 1 fully saturated rings. The number of hydroxylamine groups is 1. The minimum absolute atomic E-state index is 0.0343. The van der Waals surface area contributed by atoms with Gasteiger partial charge in [0, 0.05) is 6.42 Å². The van der Waals surface area contributed by atoms with E-state index < -0.39 is 5.60 Å². The molecule has 2 aromatic rings. The Hall–Kier alpha value is -2.33. The number of anilines is 1. The second-order valence-electron chi connectivity index (χ2n) is 5.83. The Morgan fingerprint density at radius 3 is 2.39 bits per heavy atom. The van der Waals surface area contributed by atoms with Crippen LogP contribution < -0.4 is 5.06 Å². The van der Waals surface area contributed by atoms with E-state index in [4.69, 9.17) is 9.57 Å². The van der Waals surface area contributed by atoms with E-state index in [2.05, 4.69) is 12.1 Å². The lowest BCUT2D eigenvalue weighted by Crippen LogP contribution is -2.38. The summed E-state index contributed by atoms with van der Waals surface area (Å²) in [6, 6.07) is 19.9. The zero-order valence-electron chi connectivity index (χ0n) is 13.4. The van der Waals surface area contributed by atoms with Crippen LogP contribution in [0.2, 0.25) is 0 Å². The van der Waals surface area contributed by atoms with E-state index in [0.717, 1.165) is 11.3 Å². The predicted octanol–water partition coefficient (Wildman–Crippen LogP) is 3.89. The van der Waals surface area contributed by atoms with Gasteiger partial charge >= 0.3 is 5.97 Å². The molecule has 4 heteroatoms. The van der Waals surface area contributed by atoms with Gasteiger partial charge < -0.3 is 4.74 Å². The van der Waals surface area contributed by atoms with Gasteiger partial charge in [-0.25, -0.2) is 9.86 Å². The van der Waals surface area contributed by atoms with Crippen LogP contribution in [-0.2, 0) is 14.4 Å². The largest absolute Gasteiger partial charge is 0.464 e. The van der Waals surface area contributed by atoms with E-state index in [9.17, 15) is 4.79 Å². The van der Waals surface area contributed by atoms with E-state index in [1.165, 1.54) is 0 Å². The number of hydrogen-bond donors (Lipinski definition) is 0. The highest BCUT2D eigenvalue weighted by molar-refractivity contribution is 5.80. The minimum Gasteiger partial charge on any atom is -0.464 e. The van der Waals surface area contributed by atoms with Crippen LogP contribution in [0.5, 0.6) is 0 Å². The number of carbonyl (C=O) groups excluding carboxylic acids is 1. The molecule has 23 heavy (non-hydrogen) atoms. The fourth-order valence-electron chi connectivity index (χ4n) is 2.91. The molecule has 0 amide bonds. The van der Waals surface area contributed by atoms with Crippen molar-refractivity contribution < 1.29 is 14.4 Å². The molecule has 0 aromatic heterocycles. The van der Waals surface area contributed by atoms with E-state index in [1.54, 1.807) is 13.8 Å². The molecule has 0 aliphatic carbocycles. The first-order valence-electron chi connectivity index (χ1n) is 7.89. The van der Waals surface area contributed by atoms with Crippen molar-refractivity contribution in [1.29, 1.82) is 0 Å². The molecule has 3 rings (SSSR count). The lowest BCUT2D eigenvalue weighted by molar-refractivity contribution is -0.165. The van der Waals surface area contributed by atoms with Crippen LogP contribution in [-0.4, -0.2) is 18.2 Å². The Balaban J connectivity index is 1.96. The van der Waals surface area contributed by atoms with Crippen LogP contribution in [0.15, 0.2) is 60.7 Å². The fraction of sp³-hybridized carbons (Fsp3) is 0.316. The van der Waals surface area contributed by atoms with Gasteiger partial charge in [0.25, 0.3) is 0 Å². The quantitative estimate of drug-likeness (QED) is 0.803. The molecule has 0 N–H and O–H groups in total. The molecule has 0 bridgehead atoms. The number of hydrogen-bond acceptors (Lipinski definition) is 4. The van der Waals surface area contributed by atoms with E-state index >= 15 is 0 Å². The zero-order chi connectivity index (χ0) is 16.3. The molecule has 0 spiro atoms. The smallest absolute Gasteiger partial charge is 0.340 e. The summed E-state index contributed by atoms with van der Waals surface area (Å²) in [5.41, 5.74) is 1.06. The third-order valence-electron chi connectivity index (χ3n) is 4.07. The molecule has 0 unspecified atom stereocenters. The fourth-order valence-corrected chi connectivity index (χ4v) is 2.91. The van der Waals surface area contributed by atoms with Gasteiger partial charge in [-0.05, 0) is 31.5 Å². The molecule has 1 saturated heterocycles. The van der Waals surface area contributed by atoms with Crippen LogP contribution >= 0.6 is 0 Å². The Morgan fingerprint density at radius 1 is 1.17 bits per heavy atom. The predicted molar refractivity (Wildman–Crippen MR) is 88.8 cm³/mol. The third-order valence-corrected chi connectivity index (χ3v) is 4.07. The van der Waals surface area contributed by atoms with Crippen LogP contribution in [0.4, 0.5) is 5.69 Å². The zero-order valence-corrected chi connectivity index (χ0v) is 13.4. The molecule has 1 aliphatic rings. The van der Waals surface area contributed by atoms with Gasteiger partial charge in [-0.15, -0.1) is 0 Å². The maximum Gasteiger partial charge on any atom is 0.340 e. The van der Waals surface area contributed by atoms with Crippen LogP contribution in [0.1, 0.15) is 31.9 Å². The molecular formula is C19H21NO3. The van der Waals surface area contributed by atoms with Gasteiger partial charge in [0.2, 0.25) is 0 Å². The molecule has 1 heterocycles. The summed E-state index contributed by atoms with van der Waals surface area (Å²) in [5.74, 6) is -0.320. The maximum absolute atomic E-state index is 12.3. The first-order chi connectivity index (χ1) is 11.1. The lowest BCUT2D eigenvalue weighted by atomic mass is 9.94. The van der Waals surface area contributed by atoms with Crippen LogP contribution in [0.3, 0.4) is 0 Å². The summed E-state index contributed by atoms with van der Waals surface area (Å²) in [7, 11) is 0. The summed E-state index contributed by atoms with van der Waals surface area (Å²) in [6.07, 6.45) is 0.546. The molecule has 0 radical (unpaired) electrons. The number of para-hydroxylation sites is 1. The summed E-state index contributed by atoms with van der Waals surface area (Å²) in [5, 5.41) is 1.83. The van der Waals surface area contributed by atoms with Gasteiger partial charge in [-0.1, -0.05) is 48.5 Å². The second kappa shape index (κ2) is 6.42. The molecule has 2 aromatic carbocycles. The number of carbonyl (C=O) groups is 1. The van der Waals surface area contributed by atoms with Gasteiger partial charge in [0.05, 0.1) is 18.3 Å². The third kappa shape index (κ3) is 3.08. The topological polar surface area (TPSA) is 38.8 Å². The first kappa shape index (κ1) is 15.6. The van der Waals surface area contributed by atoms with Gasteiger partial charge in [-0.3, -0.25) is 4.84 Å². The maximum atomic E-state index is 12.3. The van der Waals surface area contributed by atoms with E-state index in [-0.39, 0.29) is 12.0 Å². The molecule has 0 saturated carbocycles. The van der Waals surface area contributed by atoms with Crippen molar-refractivity contribution in [3.63, 3.8) is 0 Å². The van der Waals surface area contributed by atoms with E-state index in [1.807, 2.05) is 53.6 Å². The highest BCUT2D eigenvalue weighted by Crippen LogP contribution is 2.43. The standard InChI is InChI=1S/C19H21NO3/c1-3-22-18(21)19(2)14-17(15-10-6-4-7-11-15)20(23-19)16-12-8-5-9-13-16/h4-13,17H,3,14H2,1-2H3/t17-,19-/m1/s1. The number of ether oxygens (including phenoxy) is 1. The molecule has 1 aliphatic heterocycles. The van der Waals surface area contributed by atoms with Gasteiger partial charge in [0.15, 0.2) is 5.60 Å². The van der Waals surface area contributed by atoms with Gasteiger partial charge in [-0.2, -0.15) is 0 Å². The van der Waals surface area contributed by atoms with Crippen molar-refractivity contribution >= 4 is 11.7 Å². The van der Waals surface area contributed by atoms with Crippen molar-refractivity contribution in [1.82, 2.24) is 0 Å². The average molecular weight is 311 g/mol. The summed E-state index contributed by atoms with van der Waals surface area (Å²) in [6.45, 7) is 3.95. The molecule has 4 nitrogen and oxygen atoms in total. The summed E-state index contributed by atoms with van der Waals surface area (Å²) >= 11 is 0. The molecule has 120 valence electrons. The Kier molecular flexibility index (Phi) is 4.35. The highest BCUT2D eigenvalue weighted by Gasteiger charge is 2.49. The Bertz CT molecular complexity index is 609. The number of rotatable bonds is 4. The minimum atomic E-state index is -0.980. The summed E-state index contributed by atoms with van der Waals surface area (Å²) in [4.78, 5) is 18.4. The second-order valence-corrected chi connectivity index (χ2v) is 5.83. The SMILES string of the molecule is CCOC(=O)[C@@]1(C)C[C@H](c2ccccc2)N(c2ccccc2)O1. The number of nitrogens with zero attached hydrogens (tertiary/aromatic N) is 1. The van der Waals surface area contributed by atoms with Crippen molar-refractivity contribution in [2.24, 2.45) is 0 Å². The van der Waals surface area contributed by atoms with Crippen molar-refractivity contribution in [2.75, 3.05) is 11.7 Å². The first-order valence-corrected chi connectivity index (χ1v) is 7.89. The van der Waals surface area contributed by atoms with Crippen molar-refractivity contribution in [3.05, 3.63) is 66.2 Å². The van der Waals surface area contributed by atoms with Crippen molar-refractivity contribution in [2.45, 2.75) is 31.9 Å². The highest BCUT2D eigenvalue weighted by atomic mass is 16.7. The Morgan fingerprint density at radius 2 is 1.78 bits per heavy atom. The molecule has 2 atom stereocenters. The average Bonchev–Trinajstić information content (AvgIpc) is 2.96. The van der Waals surface area contributed by atoms with Crippen molar-refractivity contribution in [3.8, 4) is 0 Å². The summed E-state index contributed by atoms with van der Waals surface area (Å²) < 4.78 is 5.21. The van der Waals surface area contributed by atoms with Crippen LogP contribution in [0, 0.1) is 0 Å². The number of esters is 1. The molecular weight excluding hydrogens is 290 g/mol. The Labute approximate surface area is 136 Å². The number of benzene rings is 2. The normalized spacial score (nSPS) is 23.7. The van der Waals surface area contributed by atoms with Crippen LogP contribution in [0.25, 0.3) is 0 Å². The monoisotopic (exact) mass is 311 g/mol.